The van der Waals surface area contributed by atoms with Crippen LogP contribution < -0.4 is 5.32 Å². The van der Waals surface area contributed by atoms with Crippen LogP contribution in [0.5, 0.6) is 0 Å². The van der Waals surface area contributed by atoms with Crippen molar-refractivity contribution in [2.24, 2.45) is 0 Å². The second-order valence-electron chi connectivity index (χ2n) is 5.06. The molecule has 1 fully saturated rings. The van der Waals surface area contributed by atoms with Crippen LogP contribution in [0.3, 0.4) is 0 Å². The van der Waals surface area contributed by atoms with E-state index in [4.69, 9.17) is 4.74 Å². The highest BCUT2D eigenvalue weighted by molar-refractivity contribution is 5.76. The van der Waals surface area contributed by atoms with E-state index in [1.165, 1.54) is 25.7 Å². The van der Waals surface area contributed by atoms with E-state index in [1.807, 2.05) is 13.8 Å². The third-order valence-electron chi connectivity index (χ3n) is 3.63. The van der Waals surface area contributed by atoms with Gasteiger partial charge in [0.15, 0.2) is 0 Å². The molecule has 0 bridgehead atoms. The summed E-state index contributed by atoms with van der Waals surface area (Å²) in [6.07, 6.45) is 5.10. The van der Waals surface area contributed by atoms with Crippen LogP contribution in [0.2, 0.25) is 0 Å². The van der Waals surface area contributed by atoms with Crippen molar-refractivity contribution in [3.8, 4) is 0 Å². The zero-order valence-electron chi connectivity index (χ0n) is 12.1. The maximum Gasteiger partial charge on any atom is 0.324 e. The number of likely N-dealkylation sites (N-methyl/N-ethyl adjacent to an activating group) is 1. The van der Waals surface area contributed by atoms with Crippen molar-refractivity contribution in [3.63, 3.8) is 0 Å². The fourth-order valence-electron chi connectivity index (χ4n) is 2.55. The summed E-state index contributed by atoms with van der Waals surface area (Å²) >= 11 is 0. The number of nitrogens with one attached hydrogen (secondary N) is 1. The molecule has 1 aliphatic heterocycles. The summed E-state index contributed by atoms with van der Waals surface area (Å²) in [6, 6.07) is 0.388. The Kier molecular flexibility index (Phi) is 7.28. The molecule has 106 valence electrons. The third-order valence-corrected chi connectivity index (χ3v) is 3.63. The van der Waals surface area contributed by atoms with Crippen molar-refractivity contribution in [1.29, 1.82) is 0 Å². The van der Waals surface area contributed by atoms with E-state index in [0.29, 0.717) is 12.6 Å². The van der Waals surface area contributed by atoms with Gasteiger partial charge in [0.1, 0.15) is 6.04 Å². The average Bonchev–Trinajstić information content (AvgIpc) is 2.54. The summed E-state index contributed by atoms with van der Waals surface area (Å²) in [5.41, 5.74) is 0. The number of rotatable bonds is 6. The zero-order chi connectivity index (χ0) is 13.4. The molecule has 0 saturated carbocycles. The van der Waals surface area contributed by atoms with Crippen molar-refractivity contribution < 1.29 is 9.53 Å². The predicted molar refractivity (Wildman–Crippen MR) is 73.6 cm³/mol. The van der Waals surface area contributed by atoms with Crippen molar-refractivity contribution in [3.05, 3.63) is 0 Å². The molecule has 2 atom stereocenters. The molecule has 2 unspecified atom stereocenters. The van der Waals surface area contributed by atoms with Crippen LogP contribution in [0.4, 0.5) is 0 Å². The monoisotopic (exact) mass is 256 g/mol. The van der Waals surface area contributed by atoms with Gasteiger partial charge in [-0.2, -0.15) is 0 Å². The molecule has 1 aliphatic rings. The Hall–Kier alpha value is -0.610. The molecule has 0 aromatic carbocycles. The van der Waals surface area contributed by atoms with E-state index >= 15 is 0 Å². The summed E-state index contributed by atoms with van der Waals surface area (Å²) < 4.78 is 5.14. The molecular formula is C14H28N2O2. The van der Waals surface area contributed by atoms with Crippen LogP contribution in [0.25, 0.3) is 0 Å². The molecule has 0 radical (unpaired) electrons. The molecule has 4 heteroatoms. The van der Waals surface area contributed by atoms with Gasteiger partial charge in [-0.3, -0.25) is 9.69 Å². The quantitative estimate of drug-likeness (QED) is 0.736. The van der Waals surface area contributed by atoms with Gasteiger partial charge in [-0.05, 0) is 39.8 Å². The molecule has 0 aromatic heterocycles. The van der Waals surface area contributed by atoms with Crippen molar-refractivity contribution >= 4 is 5.97 Å². The van der Waals surface area contributed by atoms with Gasteiger partial charge < -0.3 is 10.1 Å². The molecule has 1 N–H and O–H groups in total. The third kappa shape index (κ3) is 4.94. The van der Waals surface area contributed by atoms with Crippen molar-refractivity contribution in [1.82, 2.24) is 10.2 Å². The molecule has 1 rings (SSSR count). The summed E-state index contributed by atoms with van der Waals surface area (Å²) in [5, 5.41) is 3.24. The zero-order valence-corrected chi connectivity index (χ0v) is 12.1. The Morgan fingerprint density at radius 1 is 1.39 bits per heavy atom. The first-order chi connectivity index (χ1) is 8.69. The Morgan fingerprint density at radius 2 is 2.17 bits per heavy atom. The van der Waals surface area contributed by atoms with Crippen molar-refractivity contribution in [2.75, 3.05) is 26.2 Å². The minimum atomic E-state index is -0.185. The minimum absolute atomic E-state index is 0.115. The van der Waals surface area contributed by atoms with Gasteiger partial charge in [-0.1, -0.05) is 19.8 Å². The Morgan fingerprint density at radius 3 is 2.83 bits per heavy atom. The second kappa shape index (κ2) is 8.48. The van der Waals surface area contributed by atoms with E-state index in [-0.39, 0.29) is 12.0 Å². The highest BCUT2D eigenvalue weighted by Gasteiger charge is 2.25. The lowest BCUT2D eigenvalue weighted by atomic mass is 10.1. The van der Waals surface area contributed by atoms with Gasteiger partial charge in [0.2, 0.25) is 0 Å². The summed E-state index contributed by atoms with van der Waals surface area (Å²) in [4.78, 5) is 14.3. The molecule has 0 aliphatic carbocycles. The van der Waals surface area contributed by atoms with Gasteiger partial charge in [0, 0.05) is 12.6 Å². The molecule has 18 heavy (non-hydrogen) atoms. The number of likely N-dealkylation sites (tertiary alicyclic amines) is 1. The van der Waals surface area contributed by atoms with E-state index in [1.54, 1.807) is 0 Å². The van der Waals surface area contributed by atoms with E-state index in [2.05, 4.69) is 17.1 Å². The molecular weight excluding hydrogens is 228 g/mol. The maximum absolute atomic E-state index is 11.9. The van der Waals surface area contributed by atoms with E-state index < -0.39 is 0 Å². The standard InChI is InChI=1S/C14H28N2O2/c1-4-15-13(14(17)18-5-2)11-16-10-8-6-7-9-12(16)3/h12-13,15H,4-11H2,1-3H3. The molecule has 0 spiro atoms. The smallest absolute Gasteiger partial charge is 0.324 e. The van der Waals surface area contributed by atoms with Gasteiger partial charge in [-0.25, -0.2) is 0 Å². The van der Waals surface area contributed by atoms with Gasteiger partial charge in [0.25, 0.3) is 0 Å². The van der Waals surface area contributed by atoms with E-state index in [0.717, 1.165) is 19.6 Å². The molecule has 1 saturated heterocycles. The highest BCUT2D eigenvalue weighted by atomic mass is 16.5. The molecule has 0 amide bonds. The lowest BCUT2D eigenvalue weighted by molar-refractivity contribution is -0.146. The summed E-state index contributed by atoms with van der Waals surface area (Å²) in [6.45, 7) is 9.27. The number of nitrogens with zero attached hydrogens (tertiary/aromatic N) is 1. The fraction of sp³-hybridized carbons (Fsp3) is 0.929. The maximum atomic E-state index is 11.9. The van der Waals surface area contributed by atoms with Crippen molar-refractivity contribution in [2.45, 2.75) is 58.5 Å². The lowest BCUT2D eigenvalue weighted by Crippen LogP contribution is -2.49. The van der Waals surface area contributed by atoms with Crippen LogP contribution >= 0.6 is 0 Å². The SMILES string of the molecule is CCNC(CN1CCCCCC1C)C(=O)OCC. The largest absolute Gasteiger partial charge is 0.465 e. The second-order valence-corrected chi connectivity index (χ2v) is 5.06. The van der Waals surface area contributed by atoms with Crippen LogP contribution in [-0.4, -0.2) is 49.2 Å². The Bertz CT molecular complexity index is 246. The molecule has 4 nitrogen and oxygen atoms in total. The first-order valence-corrected chi connectivity index (χ1v) is 7.33. The van der Waals surface area contributed by atoms with Crippen LogP contribution in [-0.2, 0) is 9.53 Å². The molecule has 1 heterocycles. The number of hydrogen-bond acceptors (Lipinski definition) is 4. The number of esters is 1. The van der Waals surface area contributed by atoms with Gasteiger partial charge in [-0.15, -0.1) is 0 Å². The Balaban J connectivity index is 2.54. The topological polar surface area (TPSA) is 41.6 Å². The van der Waals surface area contributed by atoms with Crippen LogP contribution in [0.1, 0.15) is 46.5 Å². The first kappa shape index (κ1) is 15.4. The van der Waals surface area contributed by atoms with Gasteiger partial charge in [0.05, 0.1) is 6.61 Å². The lowest BCUT2D eigenvalue weighted by Gasteiger charge is -2.30. The Labute approximate surface area is 111 Å². The van der Waals surface area contributed by atoms with E-state index in [9.17, 15) is 4.79 Å². The fourth-order valence-corrected chi connectivity index (χ4v) is 2.55. The predicted octanol–water partition coefficient (Wildman–Crippen LogP) is 1.79. The number of hydrogen-bond donors (Lipinski definition) is 1. The number of carbonyl (C=O) groups is 1. The average molecular weight is 256 g/mol. The number of ether oxygens (including phenoxy) is 1. The minimum Gasteiger partial charge on any atom is -0.465 e. The first-order valence-electron chi connectivity index (χ1n) is 7.33. The summed E-state index contributed by atoms with van der Waals surface area (Å²) in [5.74, 6) is -0.115. The molecule has 0 aromatic rings. The van der Waals surface area contributed by atoms with Gasteiger partial charge >= 0.3 is 5.97 Å². The normalized spacial score (nSPS) is 23.4. The van der Waals surface area contributed by atoms with Crippen LogP contribution in [0, 0.1) is 0 Å². The number of carbonyl (C=O) groups excluding carboxylic acids is 1. The van der Waals surface area contributed by atoms with Crippen LogP contribution in [0.15, 0.2) is 0 Å². The highest BCUT2D eigenvalue weighted by Crippen LogP contribution is 2.16. The summed E-state index contributed by atoms with van der Waals surface area (Å²) in [7, 11) is 0.